The van der Waals surface area contributed by atoms with Crippen molar-refractivity contribution >= 4 is 80.8 Å². The highest BCUT2D eigenvalue weighted by atomic mass is 35.5. The highest BCUT2D eigenvalue weighted by Gasteiger charge is 2.24. The zero-order valence-electron chi connectivity index (χ0n) is 23.1. The van der Waals surface area contributed by atoms with Crippen molar-refractivity contribution in [3.63, 3.8) is 0 Å². The Balaban J connectivity index is 1.33. The van der Waals surface area contributed by atoms with Crippen LogP contribution in [0.3, 0.4) is 0 Å². The number of hydrogen-bond acceptors (Lipinski definition) is 10. The number of thiocarbonyl (C=S) groups is 1. The summed E-state index contributed by atoms with van der Waals surface area (Å²) < 4.78 is 5.57. The first-order valence-corrected chi connectivity index (χ1v) is 14.9. The van der Waals surface area contributed by atoms with E-state index in [1.807, 2.05) is 4.90 Å². The summed E-state index contributed by atoms with van der Waals surface area (Å²) in [6, 6.07) is 14.0. The number of thioether (sulfide) groups is 1. The number of anilines is 4. The van der Waals surface area contributed by atoms with Crippen LogP contribution in [0.4, 0.5) is 23.1 Å². The van der Waals surface area contributed by atoms with Crippen LogP contribution in [0.2, 0.25) is 5.02 Å². The molecule has 0 aliphatic carbocycles. The SMILES string of the molecule is CCOC(=O)CSC(=S)N1CCN(C(=O)c2ccc(Nc3ncc(Cl)c(Nc4ccccc4C(=O)NC)n3)cc2)CC1. The van der Waals surface area contributed by atoms with Gasteiger partial charge in [-0.1, -0.05) is 47.7 Å². The Hall–Kier alpha value is -3.94. The van der Waals surface area contributed by atoms with Crippen LogP contribution in [0.15, 0.2) is 54.7 Å². The molecule has 1 fully saturated rings. The fraction of sp³-hybridized carbons (Fsp3) is 0.286. The number of ether oxygens (including phenoxy) is 1. The van der Waals surface area contributed by atoms with Gasteiger partial charge in [0, 0.05) is 44.5 Å². The van der Waals surface area contributed by atoms with E-state index in [0.29, 0.717) is 65.4 Å². The zero-order chi connectivity index (χ0) is 30.1. The van der Waals surface area contributed by atoms with E-state index in [1.165, 1.54) is 18.0 Å². The summed E-state index contributed by atoms with van der Waals surface area (Å²) in [5, 5.41) is 9.11. The first-order chi connectivity index (χ1) is 20.3. The molecule has 2 amide bonds. The number of nitrogens with one attached hydrogen (secondary N) is 3. The Morgan fingerprint density at radius 1 is 1.02 bits per heavy atom. The molecule has 0 radical (unpaired) electrons. The van der Waals surface area contributed by atoms with Gasteiger partial charge in [-0.2, -0.15) is 4.98 Å². The maximum absolute atomic E-state index is 13.1. The molecular formula is C28H30ClN7O4S2. The Bertz CT molecular complexity index is 1450. The molecule has 0 saturated carbocycles. The lowest BCUT2D eigenvalue weighted by Crippen LogP contribution is -2.49. The molecule has 2 heterocycles. The van der Waals surface area contributed by atoms with Gasteiger partial charge in [0.15, 0.2) is 5.82 Å². The van der Waals surface area contributed by atoms with Gasteiger partial charge in [-0.25, -0.2) is 4.98 Å². The number of hydrogen-bond donors (Lipinski definition) is 3. The monoisotopic (exact) mass is 627 g/mol. The average molecular weight is 628 g/mol. The van der Waals surface area contributed by atoms with Gasteiger partial charge < -0.3 is 30.5 Å². The number of para-hydroxylation sites is 1. The van der Waals surface area contributed by atoms with Crippen LogP contribution in [0, 0.1) is 0 Å². The molecule has 0 bridgehead atoms. The third-order valence-corrected chi connectivity index (χ3v) is 8.00. The van der Waals surface area contributed by atoms with E-state index >= 15 is 0 Å². The summed E-state index contributed by atoms with van der Waals surface area (Å²) in [5.74, 6) is 0.181. The molecule has 220 valence electrons. The second-order valence-corrected chi connectivity index (χ2v) is 11.0. The van der Waals surface area contributed by atoms with E-state index in [2.05, 4.69) is 25.9 Å². The van der Waals surface area contributed by atoms with Gasteiger partial charge in [-0.3, -0.25) is 14.4 Å². The van der Waals surface area contributed by atoms with Crippen molar-refractivity contribution in [1.82, 2.24) is 25.1 Å². The first kappa shape index (κ1) is 31.0. The van der Waals surface area contributed by atoms with Crippen molar-refractivity contribution in [2.24, 2.45) is 0 Å². The molecule has 0 unspecified atom stereocenters. The number of carbonyl (C=O) groups excluding carboxylic acids is 3. The fourth-order valence-electron chi connectivity index (χ4n) is 4.08. The van der Waals surface area contributed by atoms with Gasteiger partial charge >= 0.3 is 5.97 Å². The van der Waals surface area contributed by atoms with Crippen molar-refractivity contribution in [2.45, 2.75) is 6.92 Å². The third-order valence-electron chi connectivity index (χ3n) is 6.23. The molecule has 14 heteroatoms. The number of esters is 1. The second kappa shape index (κ2) is 14.8. The van der Waals surface area contributed by atoms with Gasteiger partial charge in [0.05, 0.1) is 29.8 Å². The number of benzene rings is 2. The Morgan fingerprint density at radius 3 is 2.40 bits per heavy atom. The molecule has 2 aromatic carbocycles. The van der Waals surface area contributed by atoms with Crippen LogP contribution in [0.25, 0.3) is 0 Å². The minimum Gasteiger partial charge on any atom is -0.465 e. The third kappa shape index (κ3) is 8.08. The Labute approximate surface area is 258 Å². The number of piperazine rings is 1. The fourth-order valence-corrected chi connectivity index (χ4v) is 5.27. The van der Waals surface area contributed by atoms with E-state index in [9.17, 15) is 14.4 Å². The van der Waals surface area contributed by atoms with Crippen molar-refractivity contribution in [1.29, 1.82) is 0 Å². The minimum atomic E-state index is -0.292. The summed E-state index contributed by atoms with van der Waals surface area (Å²) in [6.45, 7) is 4.35. The lowest BCUT2D eigenvalue weighted by molar-refractivity contribution is -0.139. The lowest BCUT2D eigenvalue weighted by Gasteiger charge is -2.35. The van der Waals surface area contributed by atoms with Gasteiger partial charge in [0.1, 0.15) is 9.34 Å². The molecule has 0 atom stereocenters. The molecule has 3 aromatic rings. The maximum Gasteiger partial charge on any atom is 0.316 e. The van der Waals surface area contributed by atoms with Crippen LogP contribution in [0.1, 0.15) is 27.6 Å². The summed E-state index contributed by atoms with van der Waals surface area (Å²) in [6.07, 6.45) is 1.46. The number of amides is 2. The van der Waals surface area contributed by atoms with Crippen molar-refractivity contribution in [3.8, 4) is 0 Å². The van der Waals surface area contributed by atoms with Crippen LogP contribution in [-0.4, -0.2) is 87.5 Å². The van der Waals surface area contributed by atoms with E-state index in [0.717, 1.165) is 0 Å². The largest absolute Gasteiger partial charge is 0.465 e. The highest BCUT2D eigenvalue weighted by Crippen LogP contribution is 2.27. The van der Waals surface area contributed by atoms with E-state index in [4.69, 9.17) is 28.6 Å². The van der Waals surface area contributed by atoms with Crippen molar-refractivity contribution in [2.75, 3.05) is 56.2 Å². The number of nitrogens with zero attached hydrogens (tertiary/aromatic N) is 4. The molecule has 1 aromatic heterocycles. The van der Waals surface area contributed by atoms with E-state index in [1.54, 1.807) is 67.4 Å². The zero-order valence-corrected chi connectivity index (χ0v) is 25.4. The van der Waals surface area contributed by atoms with Crippen molar-refractivity contribution < 1.29 is 19.1 Å². The summed E-state index contributed by atoms with van der Waals surface area (Å²) >= 11 is 13.0. The molecule has 11 nitrogen and oxygen atoms in total. The topological polar surface area (TPSA) is 129 Å². The number of carbonyl (C=O) groups is 3. The average Bonchev–Trinajstić information content (AvgIpc) is 3.01. The molecule has 1 aliphatic rings. The number of aromatic nitrogens is 2. The van der Waals surface area contributed by atoms with Gasteiger partial charge in [0.25, 0.3) is 11.8 Å². The van der Waals surface area contributed by atoms with Gasteiger partial charge in [-0.05, 0) is 43.3 Å². The Morgan fingerprint density at radius 2 is 1.71 bits per heavy atom. The van der Waals surface area contributed by atoms with Crippen LogP contribution >= 0.6 is 35.6 Å². The van der Waals surface area contributed by atoms with Crippen molar-refractivity contribution in [3.05, 3.63) is 70.9 Å². The predicted octanol–water partition coefficient (Wildman–Crippen LogP) is 4.32. The number of halogens is 1. The van der Waals surface area contributed by atoms with Gasteiger partial charge in [0.2, 0.25) is 5.95 Å². The summed E-state index contributed by atoms with van der Waals surface area (Å²) in [5.41, 5.74) is 2.23. The van der Waals surface area contributed by atoms with Gasteiger partial charge in [-0.15, -0.1) is 0 Å². The first-order valence-electron chi connectivity index (χ1n) is 13.1. The molecule has 0 spiro atoms. The van der Waals surface area contributed by atoms with Crippen LogP contribution < -0.4 is 16.0 Å². The standard InChI is InChI=1S/C28H30ClN7O4S2/c1-3-40-23(37)17-42-28(41)36-14-12-35(13-15-36)26(39)18-8-10-19(11-9-18)32-27-31-16-21(29)24(34-27)33-22-7-5-4-6-20(22)25(38)30-2/h4-11,16H,3,12-15,17H2,1-2H3,(H,30,38)(H2,31,32,33,34). The highest BCUT2D eigenvalue weighted by molar-refractivity contribution is 8.23. The summed E-state index contributed by atoms with van der Waals surface area (Å²) in [4.78, 5) is 49.4. The lowest BCUT2D eigenvalue weighted by atomic mass is 10.1. The maximum atomic E-state index is 13.1. The number of rotatable bonds is 9. The second-order valence-electron chi connectivity index (χ2n) is 8.98. The van der Waals surface area contributed by atoms with E-state index in [-0.39, 0.29) is 34.5 Å². The molecule has 42 heavy (non-hydrogen) atoms. The van der Waals surface area contributed by atoms with E-state index < -0.39 is 0 Å². The summed E-state index contributed by atoms with van der Waals surface area (Å²) in [7, 11) is 1.56. The molecular weight excluding hydrogens is 598 g/mol. The molecule has 3 N–H and O–H groups in total. The van der Waals surface area contributed by atoms with Crippen LogP contribution in [-0.2, 0) is 9.53 Å². The quantitative estimate of drug-likeness (QED) is 0.232. The normalized spacial score (nSPS) is 12.8. The minimum absolute atomic E-state index is 0.0738. The smallest absolute Gasteiger partial charge is 0.316 e. The Kier molecular flexibility index (Phi) is 10.9. The van der Waals surface area contributed by atoms with Crippen LogP contribution in [0.5, 0.6) is 0 Å². The molecule has 1 saturated heterocycles. The predicted molar refractivity (Wildman–Crippen MR) is 169 cm³/mol. The molecule has 4 rings (SSSR count). The molecule has 1 aliphatic heterocycles.